The van der Waals surface area contributed by atoms with Crippen LogP contribution in [0.5, 0.6) is 0 Å². The van der Waals surface area contributed by atoms with E-state index in [0.717, 1.165) is 0 Å². The maximum atomic E-state index is 11.2. The highest BCUT2D eigenvalue weighted by Crippen LogP contribution is 2.32. The molecule has 0 bridgehead atoms. The van der Waals surface area contributed by atoms with Gasteiger partial charge < -0.3 is 5.11 Å². The number of hydrazine groups is 1. The van der Waals surface area contributed by atoms with Crippen molar-refractivity contribution in [3.8, 4) is 0 Å². The molecule has 0 aromatic carbocycles. The predicted octanol–water partition coefficient (Wildman–Crippen LogP) is 0.870. The molecule has 0 saturated carbocycles. The summed E-state index contributed by atoms with van der Waals surface area (Å²) >= 11 is 0. The van der Waals surface area contributed by atoms with Gasteiger partial charge in [0, 0.05) is 12.4 Å². The summed E-state index contributed by atoms with van der Waals surface area (Å²) in [6.07, 6.45) is 5.62. The topological polar surface area (TPSA) is 64.9 Å². The minimum atomic E-state index is -0.897. The van der Waals surface area contributed by atoms with E-state index in [2.05, 4.69) is 10.4 Å². The van der Waals surface area contributed by atoms with Crippen LogP contribution in [0.15, 0.2) is 28.7 Å². The summed E-state index contributed by atoms with van der Waals surface area (Å²) < 4.78 is 0. The molecule has 2 aliphatic rings. The van der Waals surface area contributed by atoms with Crippen LogP contribution in [0.3, 0.4) is 0 Å². The van der Waals surface area contributed by atoms with Gasteiger partial charge in [-0.3, -0.25) is 10.0 Å². The molecule has 1 atom stereocenters. The van der Waals surface area contributed by atoms with E-state index in [9.17, 15) is 9.90 Å². The van der Waals surface area contributed by atoms with Gasteiger partial charge in [-0.25, -0.2) is 10.2 Å². The molecule has 2 heterocycles. The fourth-order valence-electron chi connectivity index (χ4n) is 1.85. The highest BCUT2D eigenvalue weighted by Gasteiger charge is 2.42. The quantitative estimate of drug-likeness (QED) is 0.705. The van der Waals surface area contributed by atoms with Crippen LogP contribution >= 0.6 is 0 Å². The van der Waals surface area contributed by atoms with Gasteiger partial charge in [-0.15, -0.1) is 0 Å². The predicted molar refractivity (Wildman–Crippen MR) is 56.0 cm³/mol. The number of nitrogens with zero attached hydrogens (tertiary/aromatic N) is 2. The molecule has 80 valence electrons. The third-order valence-corrected chi connectivity index (χ3v) is 2.85. The monoisotopic (exact) mass is 207 g/mol. The largest absolute Gasteiger partial charge is 0.478 e. The molecule has 0 spiro atoms. The van der Waals surface area contributed by atoms with Crippen molar-refractivity contribution in [3.05, 3.63) is 23.7 Å². The first-order valence-electron chi connectivity index (χ1n) is 4.83. The van der Waals surface area contributed by atoms with Crippen LogP contribution in [-0.2, 0) is 4.79 Å². The highest BCUT2D eigenvalue weighted by atomic mass is 16.4. The van der Waals surface area contributed by atoms with Gasteiger partial charge in [-0.2, -0.15) is 0 Å². The van der Waals surface area contributed by atoms with Gasteiger partial charge in [0.1, 0.15) is 0 Å². The fourth-order valence-corrected chi connectivity index (χ4v) is 1.85. The van der Waals surface area contributed by atoms with Crippen molar-refractivity contribution < 1.29 is 9.90 Å². The summed E-state index contributed by atoms with van der Waals surface area (Å²) in [5.74, 6) is -0.897. The number of aliphatic imine (C=N–C) groups is 1. The minimum absolute atomic E-state index is 0.373. The van der Waals surface area contributed by atoms with Gasteiger partial charge in [0.05, 0.1) is 23.0 Å². The van der Waals surface area contributed by atoms with Gasteiger partial charge in [0.15, 0.2) is 0 Å². The second kappa shape index (κ2) is 3.20. The fraction of sp³-hybridized carbons (Fsp3) is 0.400. The van der Waals surface area contributed by atoms with E-state index in [1.165, 1.54) is 0 Å². The van der Waals surface area contributed by atoms with Crippen LogP contribution in [0.4, 0.5) is 0 Å². The van der Waals surface area contributed by atoms with Crippen molar-refractivity contribution in [2.75, 3.05) is 0 Å². The first kappa shape index (κ1) is 9.92. The standard InChI is InChI=1S/C10H13N3O2/c1-3-10(2)8(9(14)15)7-6-11-4-5-13(7)12-10/h4-6,12H,3H2,1-2H3,(H,14,15). The molecule has 0 saturated heterocycles. The van der Waals surface area contributed by atoms with Crippen molar-refractivity contribution in [1.29, 1.82) is 0 Å². The number of hydrogen-bond donors (Lipinski definition) is 2. The van der Waals surface area contributed by atoms with Gasteiger partial charge in [-0.05, 0) is 13.3 Å². The van der Waals surface area contributed by atoms with Crippen LogP contribution in [-0.4, -0.2) is 27.8 Å². The second-order valence-electron chi connectivity index (χ2n) is 3.81. The molecule has 0 aromatic rings. The van der Waals surface area contributed by atoms with Crippen molar-refractivity contribution in [3.63, 3.8) is 0 Å². The van der Waals surface area contributed by atoms with Crippen molar-refractivity contribution in [2.24, 2.45) is 4.99 Å². The van der Waals surface area contributed by atoms with Gasteiger partial charge in [-0.1, -0.05) is 6.92 Å². The van der Waals surface area contributed by atoms with E-state index in [0.29, 0.717) is 17.7 Å². The van der Waals surface area contributed by atoms with E-state index >= 15 is 0 Å². The number of carbonyl (C=O) groups is 1. The highest BCUT2D eigenvalue weighted by molar-refractivity contribution is 5.98. The molecule has 0 radical (unpaired) electrons. The number of rotatable bonds is 2. The Morgan fingerprint density at radius 3 is 3.07 bits per heavy atom. The zero-order valence-corrected chi connectivity index (χ0v) is 8.69. The normalized spacial score (nSPS) is 28.5. The van der Waals surface area contributed by atoms with E-state index in [1.807, 2.05) is 13.8 Å². The van der Waals surface area contributed by atoms with Crippen LogP contribution < -0.4 is 5.43 Å². The lowest BCUT2D eigenvalue weighted by molar-refractivity contribution is -0.133. The van der Waals surface area contributed by atoms with E-state index in [1.54, 1.807) is 23.6 Å². The number of carboxylic acids is 1. The molecule has 2 N–H and O–H groups in total. The van der Waals surface area contributed by atoms with E-state index in [4.69, 9.17) is 0 Å². The summed E-state index contributed by atoms with van der Waals surface area (Å²) in [4.78, 5) is 15.2. The molecule has 0 aromatic heterocycles. The molecule has 0 amide bonds. The molecular weight excluding hydrogens is 194 g/mol. The smallest absolute Gasteiger partial charge is 0.335 e. The third-order valence-electron chi connectivity index (χ3n) is 2.85. The lowest BCUT2D eigenvalue weighted by Crippen LogP contribution is -2.45. The molecular formula is C10H13N3O2. The Balaban J connectivity index is 2.52. The Morgan fingerprint density at radius 1 is 1.73 bits per heavy atom. The van der Waals surface area contributed by atoms with Crippen molar-refractivity contribution in [1.82, 2.24) is 10.4 Å². The number of fused-ring (bicyclic) bond motifs is 1. The summed E-state index contributed by atoms with van der Waals surface area (Å²) in [6, 6.07) is 0. The van der Waals surface area contributed by atoms with Crippen molar-refractivity contribution >= 4 is 12.2 Å². The lowest BCUT2D eigenvalue weighted by atomic mass is 9.90. The summed E-state index contributed by atoms with van der Waals surface area (Å²) in [6.45, 7) is 3.83. The van der Waals surface area contributed by atoms with Gasteiger partial charge >= 0.3 is 5.97 Å². The second-order valence-corrected chi connectivity index (χ2v) is 3.81. The molecule has 2 aliphatic heterocycles. The first-order chi connectivity index (χ1) is 7.08. The maximum Gasteiger partial charge on any atom is 0.335 e. The lowest BCUT2D eigenvalue weighted by Gasteiger charge is -2.26. The van der Waals surface area contributed by atoms with Gasteiger partial charge in [0.2, 0.25) is 0 Å². The summed E-state index contributed by atoms with van der Waals surface area (Å²) in [5.41, 5.74) is 3.62. The average Bonchev–Trinajstić information content (AvgIpc) is 2.50. The van der Waals surface area contributed by atoms with Crippen LogP contribution in [0, 0.1) is 0 Å². The molecule has 2 rings (SSSR count). The Labute approximate surface area is 87.8 Å². The minimum Gasteiger partial charge on any atom is -0.478 e. The molecule has 1 unspecified atom stereocenters. The Hall–Kier alpha value is -1.62. The number of allylic oxidation sites excluding steroid dienone is 1. The van der Waals surface area contributed by atoms with Gasteiger partial charge in [0.25, 0.3) is 0 Å². The summed E-state index contributed by atoms with van der Waals surface area (Å²) in [5, 5.41) is 10.9. The Kier molecular flexibility index (Phi) is 2.12. The number of carboxylic acid groups (broad SMARTS) is 1. The number of aliphatic carboxylic acids is 1. The molecule has 15 heavy (non-hydrogen) atoms. The SMILES string of the molecule is CCC1(C)NN2C=CN=CC2=C1C(=O)O. The summed E-state index contributed by atoms with van der Waals surface area (Å²) in [7, 11) is 0. The first-order valence-corrected chi connectivity index (χ1v) is 4.83. The van der Waals surface area contributed by atoms with Crippen LogP contribution in [0.2, 0.25) is 0 Å². The zero-order chi connectivity index (χ0) is 11.1. The third kappa shape index (κ3) is 1.35. The van der Waals surface area contributed by atoms with E-state index in [-0.39, 0.29) is 0 Å². The number of hydrogen-bond acceptors (Lipinski definition) is 4. The van der Waals surface area contributed by atoms with Crippen LogP contribution in [0.1, 0.15) is 20.3 Å². The maximum absolute atomic E-state index is 11.2. The average molecular weight is 207 g/mol. The molecule has 5 heteroatoms. The number of nitrogens with one attached hydrogen (secondary N) is 1. The Bertz CT molecular complexity index is 397. The van der Waals surface area contributed by atoms with Crippen molar-refractivity contribution in [2.45, 2.75) is 25.8 Å². The Morgan fingerprint density at radius 2 is 2.47 bits per heavy atom. The van der Waals surface area contributed by atoms with Crippen LogP contribution in [0.25, 0.3) is 0 Å². The zero-order valence-electron chi connectivity index (χ0n) is 8.69. The van der Waals surface area contributed by atoms with E-state index < -0.39 is 11.5 Å². The molecule has 5 nitrogen and oxygen atoms in total. The molecule has 0 fully saturated rings. The molecule has 0 aliphatic carbocycles.